The fourth-order valence-corrected chi connectivity index (χ4v) is 1.74. The normalized spacial score (nSPS) is 20.2. The first-order valence-electron chi connectivity index (χ1n) is 4.00. The highest BCUT2D eigenvalue weighted by atomic mass is 32.2. The molecule has 0 atom stereocenters. The average Bonchev–Trinajstić information content (AvgIpc) is 2.16. The Morgan fingerprint density at radius 2 is 2.21 bits per heavy atom. The smallest absolute Gasteiger partial charge is 0.280 e. The molecule has 14 heavy (non-hydrogen) atoms. The average molecular weight is 211 g/mol. The van der Waals surface area contributed by atoms with Gasteiger partial charge < -0.3 is 0 Å². The molecule has 0 spiro atoms. The van der Waals surface area contributed by atoms with Gasteiger partial charge in [-0.1, -0.05) is 12.2 Å². The number of hydrogen-bond donors (Lipinski definition) is 1. The van der Waals surface area contributed by atoms with Gasteiger partial charge in [0.15, 0.2) is 0 Å². The maximum Gasteiger partial charge on any atom is 0.302 e. The Balaban J connectivity index is 2.39. The van der Waals surface area contributed by atoms with Gasteiger partial charge in [0, 0.05) is 18.0 Å². The van der Waals surface area contributed by atoms with Crippen molar-refractivity contribution in [1.82, 2.24) is 4.31 Å². The monoisotopic (exact) mass is 211 g/mol. The van der Waals surface area contributed by atoms with E-state index in [0.29, 0.717) is 6.54 Å². The van der Waals surface area contributed by atoms with Crippen molar-refractivity contribution in [2.45, 2.75) is 0 Å². The van der Waals surface area contributed by atoms with E-state index in [0.717, 1.165) is 15.6 Å². The Kier molecular flexibility index (Phi) is 2.01. The third-order valence-corrected chi connectivity index (χ3v) is 2.71. The summed E-state index contributed by atoms with van der Waals surface area (Å²) in [6.07, 6.45) is 8.14. The van der Waals surface area contributed by atoms with Gasteiger partial charge in [-0.05, 0) is 6.08 Å². The second-order valence-electron chi connectivity index (χ2n) is 2.90. The molecule has 0 aromatic heterocycles. The van der Waals surface area contributed by atoms with E-state index in [9.17, 15) is 8.42 Å². The van der Waals surface area contributed by atoms with Crippen molar-refractivity contribution < 1.29 is 8.42 Å². The third kappa shape index (κ3) is 1.61. The van der Waals surface area contributed by atoms with E-state index in [1.807, 2.05) is 12.2 Å². The molecule has 0 saturated carbocycles. The Morgan fingerprint density at radius 3 is 2.93 bits per heavy atom. The van der Waals surface area contributed by atoms with Crippen LogP contribution in [0.15, 0.2) is 41.2 Å². The summed E-state index contributed by atoms with van der Waals surface area (Å²) in [5.74, 6) is 0. The van der Waals surface area contributed by atoms with E-state index >= 15 is 0 Å². The molecule has 0 aliphatic carbocycles. The highest BCUT2D eigenvalue weighted by Gasteiger charge is 2.17. The molecule has 0 fully saturated rings. The van der Waals surface area contributed by atoms with Crippen LogP contribution in [0.5, 0.6) is 0 Å². The van der Waals surface area contributed by atoms with Gasteiger partial charge in [-0.25, -0.2) is 9.44 Å². The molecular weight excluding hydrogens is 202 g/mol. The molecule has 0 aromatic carbocycles. The zero-order chi connectivity index (χ0) is 10.2. The van der Waals surface area contributed by atoms with Gasteiger partial charge in [0.2, 0.25) is 0 Å². The fourth-order valence-electron chi connectivity index (χ4n) is 1.25. The maximum absolute atomic E-state index is 11.0. The van der Waals surface area contributed by atoms with Gasteiger partial charge >= 0.3 is 10.2 Å². The van der Waals surface area contributed by atoms with Crippen molar-refractivity contribution in [1.29, 1.82) is 0 Å². The van der Waals surface area contributed by atoms with Crippen molar-refractivity contribution in [2.24, 2.45) is 10.1 Å². The number of fused-ring (bicyclic) bond motifs is 1. The topological polar surface area (TPSA) is 75.8 Å². The maximum atomic E-state index is 11.0. The lowest BCUT2D eigenvalue weighted by molar-refractivity contribution is 0.554. The van der Waals surface area contributed by atoms with Crippen LogP contribution >= 0.6 is 0 Å². The molecule has 74 valence electrons. The zero-order valence-electron chi connectivity index (χ0n) is 7.29. The Hall–Kier alpha value is -1.40. The second-order valence-corrected chi connectivity index (χ2v) is 4.35. The Labute approximate surface area is 82.1 Å². The fraction of sp³-hybridized carbons (Fsp3) is 0.125. The number of allylic oxidation sites excluding steroid dienone is 3. The van der Waals surface area contributed by atoms with Crippen molar-refractivity contribution in [3.8, 4) is 0 Å². The lowest BCUT2D eigenvalue weighted by atomic mass is 10.1. The number of aliphatic imine (C=N–C) groups is 1. The van der Waals surface area contributed by atoms with E-state index in [-0.39, 0.29) is 0 Å². The zero-order valence-corrected chi connectivity index (χ0v) is 8.11. The van der Waals surface area contributed by atoms with Crippen molar-refractivity contribution >= 4 is 15.9 Å². The molecule has 0 radical (unpaired) electrons. The van der Waals surface area contributed by atoms with E-state index in [1.165, 1.54) is 12.4 Å². The van der Waals surface area contributed by atoms with Crippen LogP contribution in [0.2, 0.25) is 0 Å². The van der Waals surface area contributed by atoms with Crippen molar-refractivity contribution in [3.05, 3.63) is 36.2 Å². The van der Waals surface area contributed by atoms with Crippen LogP contribution in [-0.4, -0.2) is 25.0 Å². The molecule has 2 N–H and O–H groups in total. The molecule has 2 heterocycles. The molecule has 0 unspecified atom stereocenters. The first-order chi connectivity index (χ1) is 6.57. The molecule has 0 bridgehead atoms. The molecule has 5 nitrogen and oxygen atoms in total. The van der Waals surface area contributed by atoms with Gasteiger partial charge in [-0.3, -0.25) is 4.99 Å². The lowest BCUT2D eigenvalue weighted by Gasteiger charge is -2.19. The standard InChI is InChI=1S/C8H9N3O2S/c9-14(12,13)11-5-3-8-7(6-11)2-1-4-10-8/h1-3,5-6H,4H2,(H2,9,12,13). The van der Waals surface area contributed by atoms with Crippen LogP contribution in [0.25, 0.3) is 0 Å². The molecule has 0 amide bonds. The minimum atomic E-state index is -3.70. The summed E-state index contributed by atoms with van der Waals surface area (Å²) < 4.78 is 23.0. The molecule has 2 aliphatic rings. The van der Waals surface area contributed by atoms with Gasteiger partial charge in [0.05, 0.1) is 12.3 Å². The van der Waals surface area contributed by atoms with Crippen LogP contribution in [-0.2, 0) is 10.2 Å². The Morgan fingerprint density at radius 1 is 1.43 bits per heavy atom. The second kappa shape index (κ2) is 3.07. The molecule has 2 rings (SSSR count). The minimum Gasteiger partial charge on any atom is -0.280 e. The van der Waals surface area contributed by atoms with Gasteiger partial charge in [-0.15, -0.1) is 0 Å². The Bertz CT molecular complexity index is 471. The lowest BCUT2D eigenvalue weighted by Crippen LogP contribution is -2.31. The molecule has 0 saturated heterocycles. The van der Waals surface area contributed by atoms with Crippen LogP contribution in [0, 0.1) is 0 Å². The predicted octanol–water partition coefficient (Wildman–Crippen LogP) is -0.0861. The molecule has 0 aromatic rings. The van der Waals surface area contributed by atoms with Crippen LogP contribution in [0.1, 0.15) is 0 Å². The summed E-state index contributed by atoms with van der Waals surface area (Å²) in [7, 11) is -3.70. The molecule has 6 heteroatoms. The summed E-state index contributed by atoms with van der Waals surface area (Å²) in [4.78, 5) is 4.18. The quantitative estimate of drug-likeness (QED) is 0.658. The van der Waals surface area contributed by atoms with Crippen LogP contribution in [0.4, 0.5) is 0 Å². The van der Waals surface area contributed by atoms with Gasteiger partial charge in [0.1, 0.15) is 0 Å². The van der Waals surface area contributed by atoms with Crippen molar-refractivity contribution in [2.75, 3.05) is 6.54 Å². The van der Waals surface area contributed by atoms with Gasteiger partial charge in [0.25, 0.3) is 0 Å². The van der Waals surface area contributed by atoms with Crippen molar-refractivity contribution in [3.63, 3.8) is 0 Å². The van der Waals surface area contributed by atoms with Crippen LogP contribution < -0.4 is 5.14 Å². The summed E-state index contributed by atoms with van der Waals surface area (Å²) in [6.45, 7) is 0.631. The summed E-state index contributed by atoms with van der Waals surface area (Å²) in [5.41, 5.74) is 1.54. The first kappa shape index (κ1) is 9.17. The minimum absolute atomic E-state index is 0.631. The predicted molar refractivity (Wildman–Crippen MR) is 53.6 cm³/mol. The molecular formula is C8H9N3O2S. The summed E-state index contributed by atoms with van der Waals surface area (Å²) in [5, 5.41) is 4.97. The highest BCUT2D eigenvalue weighted by molar-refractivity contribution is 7.87. The highest BCUT2D eigenvalue weighted by Crippen LogP contribution is 2.15. The van der Waals surface area contributed by atoms with E-state index in [1.54, 1.807) is 6.08 Å². The van der Waals surface area contributed by atoms with E-state index in [4.69, 9.17) is 5.14 Å². The van der Waals surface area contributed by atoms with E-state index in [2.05, 4.69) is 4.99 Å². The number of hydrogen-bond acceptors (Lipinski definition) is 3. The third-order valence-electron chi connectivity index (χ3n) is 1.90. The van der Waals surface area contributed by atoms with Gasteiger partial charge in [-0.2, -0.15) is 8.42 Å². The van der Waals surface area contributed by atoms with E-state index < -0.39 is 10.2 Å². The van der Waals surface area contributed by atoms with Crippen LogP contribution in [0.3, 0.4) is 0 Å². The number of rotatable bonds is 1. The molecule has 2 aliphatic heterocycles. The first-order valence-corrected chi connectivity index (χ1v) is 5.50. The number of dihydropyridines is 1. The largest absolute Gasteiger partial charge is 0.302 e. The summed E-state index contributed by atoms with van der Waals surface area (Å²) in [6, 6.07) is 0. The SMILES string of the molecule is NS(=O)(=O)N1C=CC2=NCC=CC2=C1. The number of nitrogens with two attached hydrogens (primary N) is 1. The summed E-state index contributed by atoms with van der Waals surface area (Å²) >= 11 is 0. The number of nitrogens with zero attached hydrogens (tertiary/aromatic N) is 2.